The first-order chi connectivity index (χ1) is 18.6. The topological polar surface area (TPSA) is 162 Å². The summed E-state index contributed by atoms with van der Waals surface area (Å²) in [5.74, 6) is 0.526. The molecular formula is C27H31N5O7. The molecule has 1 aliphatic heterocycles. The van der Waals surface area contributed by atoms with E-state index < -0.39 is 35.4 Å². The van der Waals surface area contributed by atoms with Crippen LogP contribution in [0, 0.1) is 25.2 Å². The Morgan fingerprint density at radius 1 is 1.38 bits per heavy atom. The van der Waals surface area contributed by atoms with E-state index >= 15 is 0 Å². The quantitative estimate of drug-likeness (QED) is 0.221. The maximum absolute atomic E-state index is 13.5. The van der Waals surface area contributed by atoms with Crippen LogP contribution in [-0.2, 0) is 19.1 Å². The number of amides is 3. The number of aryl methyl sites for hydroxylation is 1. The van der Waals surface area contributed by atoms with Gasteiger partial charge < -0.3 is 29.8 Å². The SMILES string of the molecule is C#CC[C@@H](C(=O)N[C@H](/C=C(\C)C(=O)OCC)C[C@@H]1CCNC1=O)n1cccc(NC(=O)c2cc(C)on2)c1=O. The van der Waals surface area contributed by atoms with E-state index in [2.05, 4.69) is 27.0 Å². The zero-order valence-electron chi connectivity index (χ0n) is 22.0. The molecule has 12 nitrogen and oxygen atoms in total. The van der Waals surface area contributed by atoms with E-state index in [4.69, 9.17) is 15.7 Å². The second kappa shape index (κ2) is 13.2. The highest BCUT2D eigenvalue weighted by Gasteiger charge is 2.30. The van der Waals surface area contributed by atoms with Gasteiger partial charge in [0.05, 0.1) is 6.61 Å². The summed E-state index contributed by atoms with van der Waals surface area (Å²) in [5, 5.41) is 11.7. The molecule has 2 aromatic rings. The van der Waals surface area contributed by atoms with Gasteiger partial charge in [-0.2, -0.15) is 0 Å². The standard InChI is InChI=1S/C27H31N5O7/c1-5-8-22(32-12-7-9-20(26(32)36)30-24(34)21-14-17(4)39-31-21)25(35)29-19(13-16(3)27(37)38-6-2)15-18-10-11-28-23(18)33/h1,7,9,12-14,18-19,22H,6,8,10-11,15H2,2-4H3,(H,28,33)(H,29,35)(H,30,34)/b16-13+/t18-,19+,22-/m0/s1. The van der Waals surface area contributed by atoms with Crippen molar-refractivity contribution in [3.8, 4) is 12.3 Å². The third-order valence-electron chi connectivity index (χ3n) is 6.11. The Morgan fingerprint density at radius 3 is 2.77 bits per heavy atom. The van der Waals surface area contributed by atoms with E-state index in [9.17, 15) is 24.0 Å². The normalized spacial score (nSPS) is 16.5. The molecule has 3 rings (SSSR count). The molecule has 3 amide bonds. The Kier molecular flexibility index (Phi) is 9.80. The van der Waals surface area contributed by atoms with Crippen molar-refractivity contribution in [2.45, 2.75) is 52.1 Å². The van der Waals surface area contributed by atoms with E-state index in [-0.39, 0.29) is 48.2 Å². The van der Waals surface area contributed by atoms with Crippen LogP contribution in [0.3, 0.4) is 0 Å². The highest BCUT2D eigenvalue weighted by atomic mass is 16.5. The first kappa shape index (κ1) is 28.9. The predicted molar refractivity (Wildman–Crippen MR) is 140 cm³/mol. The number of hydrogen-bond acceptors (Lipinski definition) is 8. The number of nitrogens with one attached hydrogen (secondary N) is 3. The van der Waals surface area contributed by atoms with Gasteiger partial charge in [0.2, 0.25) is 11.8 Å². The van der Waals surface area contributed by atoms with Gasteiger partial charge in [-0.15, -0.1) is 12.3 Å². The van der Waals surface area contributed by atoms with Gasteiger partial charge in [-0.3, -0.25) is 19.2 Å². The minimum Gasteiger partial charge on any atom is -0.463 e. The van der Waals surface area contributed by atoms with Crippen molar-refractivity contribution >= 4 is 29.4 Å². The van der Waals surface area contributed by atoms with E-state index in [1.54, 1.807) is 20.8 Å². The largest absolute Gasteiger partial charge is 0.463 e. The van der Waals surface area contributed by atoms with Crippen LogP contribution in [0.1, 0.15) is 55.4 Å². The average Bonchev–Trinajstić information content (AvgIpc) is 3.51. The van der Waals surface area contributed by atoms with Crippen LogP contribution in [0.4, 0.5) is 5.69 Å². The summed E-state index contributed by atoms with van der Waals surface area (Å²) >= 11 is 0. The third kappa shape index (κ3) is 7.44. The molecule has 0 spiro atoms. The van der Waals surface area contributed by atoms with Crippen molar-refractivity contribution in [2.24, 2.45) is 5.92 Å². The minimum atomic E-state index is -1.13. The molecule has 3 atom stereocenters. The summed E-state index contributed by atoms with van der Waals surface area (Å²) in [4.78, 5) is 63.6. The lowest BCUT2D eigenvalue weighted by molar-refractivity contribution is -0.138. The van der Waals surface area contributed by atoms with Crippen molar-refractivity contribution in [3.63, 3.8) is 0 Å². The highest BCUT2D eigenvalue weighted by Crippen LogP contribution is 2.19. The van der Waals surface area contributed by atoms with Crippen LogP contribution in [0.5, 0.6) is 0 Å². The second-order valence-electron chi connectivity index (χ2n) is 9.03. The van der Waals surface area contributed by atoms with Crippen LogP contribution in [0.25, 0.3) is 0 Å². The lowest BCUT2D eigenvalue weighted by Gasteiger charge is -2.23. The van der Waals surface area contributed by atoms with Gasteiger partial charge in [0, 0.05) is 42.8 Å². The van der Waals surface area contributed by atoms with E-state index in [0.29, 0.717) is 18.7 Å². The number of anilines is 1. The Hall–Kier alpha value is -4.66. The fourth-order valence-electron chi connectivity index (χ4n) is 4.18. The van der Waals surface area contributed by atoms with Crippen molar-refractivity contribution in [1.82, 2.24) is 20.4 Å². The summed E-state index contributed by atoms with van der Waals surface area (Å²) in [6.07, 6.45) is 9.13. The molecule has 0 aliphatic carbocycles. The molecule has 0 bridgehead atoms. The van der Waals surface area contributed by atoms with Crippen molar-refractivity contribution in [1.29, 1.82) is 0 Å². The maximum Gasteiger partial charge on any atom is 0.333 e. The number of ether oxygens (including phenoxy) is 1. The number of carbonyl (C=O) groups is 4. The molecular weight excluding hydrogens is 506 g/mol. The van der Waals surface area contributed by atoms with E-state index in [0.717, 1.165) is 4.57 Å². The van der Waals surface area contributed by atoms with Gasteiger partial charge in [0.25, 0.3) is 11.5 Å². The number of carbonyl (C=O) groups excluding carboxylic acids is 4. The summed E-state index contributed by atoms with van der Waals surface area (Å²) < 4.78 is 11.1. The summed E-state index contributed by atoms with van der Waals surface area (Å²) in [7, 11) is 0. The minimum absolute atomic E-state index is 0.0113. The fourth-order valence-corrected chi connectivity index (χ4v) is 4.18. The van der Waals surface area contributed by atoms with Gasteiger partial charge in [-0.05, 0) is 45.7 Å². The average molecular weight is 538 g/mol. The maximum atomic E-state index is 13.5. The number of terminal acetylenes is 1. The van der Waals surface area contributed by atoms with Crippen LogP contribution in [-0.4, -0.2) is 52.6 Å². The van der Waals surface area contributed by atoms with E-state index in [1.807, 2.05) is 0 Å². The lowest BCUT2D eigenvalue weighted by atomic mass is 9.96. The molecule has 0 radical (unpaired) electrons. The van der Waals surface area contributed by atoms with Gasteiger partial charge in [0.15, 0.2) is 5.69 Å². The summed E-state index contributed by atoms with van der Waals surface area (Å²) in [5.41, 5.74) is -0.497. The second-order valence-corrected chi connectivity index (χ2v) is 9.03. The Balaban J connectivity index is 1.86. The molecule has 1 saturated heterocycles. The molecule has 1 aliphatic rings. The van der Waals surface area contributed by atoms with Crippen molar-refractivity contribution in [3.05, 3.63) is 57.9 Å². The zero-order chi connectivity index (χ0) is 28.5. The number of pyridine rings is 1. The Bertz CT molecular complexity index is 1370. The lowest BCUT2D eigenvalue weighted by Crippen LogP contribution is -2.43. The molecule has 0 unspecified atom stereocenters. The predicted octanol–water partition coefficient (Wildman–Crippen LogP) is 1.48. The Morgan fingerprint density at radius 2 is 2.15 bits per heavy atom. The van der Waals surface area contributed by atoms with Gasteiger partial charge in [-0.1, -0.05) is 11.2 Å². The third-order valence-corrected chi connectivity index (χ3v) is 6.11. The van der Waals surface area contributed by atoms with Crippen LogP contribution in [0.2, 0.25) is 0 Å². The number of hydrogen-bond donors (Lipinski definition) is 3. The van der Waals surface area contributed by atoms with Gasteiger partial charge >= 0.3 is 5.97 Å². The first-order valence-corrected chi connectivity index (χ1v) is 12.5. The van der Waals surface area contributed by atoms with E-state index in [1.165, 1.54) is 30.5 Å². The molecule has 0 aromatic carbocycles. The summed E-state index contributed by atoms with van der Waals surface area (Å²) in [6, 6.07) is 2.45. The number of aromatic nitrogens is 2. The molecule has 1 fully saturated rings. The number of esters is 1. The molecule has 206 valence electrons. The van der Waals surface area contributed by atoms with Gasteiger partial charge in [0.1, 0.15) is 17.5 Å². The molecule has 12 heteroatoms. The Labute approximate surface area is 225 Å². The van der Waals surface area contributed by atoms with Crippen LogP contribution < -0.4 is 21.5 Å². The smallest absolute Gasteiger partial charge is 0.333 e. The highest BCUT2D eigenvalue weighted by molar-refractivity contribution is 6.02. The molecule has 39 heavy (non-hydrogen) atoms. The fraction of sp³-hybridized carbons (Fsp3) is 0.407. The summed E-state index contributed by atoms with van der Waals surface area (Å²) in [6.45, 7) is 5.56. The molecule has 3 heterocycles. The first-order valence-electron chi connectivity index (χ1n) is 12.5. The van der Waals surface area contributed by atoms with Gasteiger partial charge in [-0.25, -0.2) is 4.79 Å². The van der Waals surface area contributed by atoms with Crippen molar-refractivity contribution in [2.75, 3.05) is 18.5 Å². The van der Waals surface area contributed by atoms with Crippen LogP contribution >= 0.6 is 0 Å². The van der Waals surface area contributed by atoms with Crippen molar-refractivity contribution < 1.29 is 28.4 Å². The molecule has 0 saturated carbocycles. The molecule has 3 N–H and O–H groups in total. The molecule has 2 aromatic heterocycles. The number of nitrogens with zero attached hydrogens (tertiary/aromatic N) is 2. The zero-order valence-corrected chi connectivity index (χ0v) is 22.0. The van der Waals surface area contributed by atoms with Crippen LogP contribution in [0.15, 0.2) is 45.4 Å². The monoisotopic (exact) mass is 537 g/mol. The number of rotatable bonds is 11.